The van der Waals surface area contributed by atoms with E-state index in [4.69, 9.17) is 0 Å². The molecule has 21 heavy (non-hydrogen) atoms. The Morgan fingerprint density at radius 2 is 1.95 bits per heavy atom. The Kier molecular flexibility index (Phi) is 6.68. The molecule has 118 valence electrons. The van der Waals surface area contributed by atoms with Gasteiger partial charge in [-0.1, -0.05) is 31.2 Å². The Balaban J connectivity index is 1.81. The number of nitrogens with zero attached hydrogens (tertiary/aromatic N) is 2. The van der Waals surface area contributed by atoms with E-state index in [9.17, 15) is 0 Å². The Morgan fingerprint density at radius 3 is 2.62 bits per heavy atom. The molecule has 0 saturated carbocycles. The first-order valence-corrected chi connectivity index (χ1v) is 8.36. The third kappa shape index (κ3) is 5.42. The summed E-state index contributed by atoms with van der Waals surface area (Å²) in [7, 11) is 4.50. The lowest BCUT2D eigenvalue weighted by atomic mass is 10.0. The molecule has 3 nitrogen and oxygen atoms in total. The molecular formula is C18H31N3. The van der Waals surface area contributed by atoms with Crippen LogP contribution in [0.3, 0.4) is 0 Å². The van der Waals surface area contributed by atoms with Crippen LogP contribution in [0.2, 0.25) is 0 Å². The van der Waals surface area contributed by atoms with Crippen molar-refractivity contribution in [3.63, 3.8) is 0 Å². The van der Waals surface area contributed by atoms with E-state index in [0.717, 1.165) is 26.1 Å². The molecule has 0 radical (unpaired) electrons. The summed E-state index contributed by atoms with van der Waals surface area (Å²) in [6.07, 6.45) is 3.79. The zero-order chi connectivity index (χ0) is 15.1. The van der Waals surface area contributed by atoms with Crippen LogP contribution >= 0.6 is 0 Å². The minimum atomic E-state index is 0.706. The molecule has 1 saturated heterocycles. The average molecular weight is 289 g/mol. The van der Waals surface area contributed by atoms with Crippen molar-refractivity contribution in [2.45, 2.75) is 38.8 Å². The summed E-state index contributed by atoms with van der Waals surface area (Å²) in [5, 5.41) is 3.38. The topological polar surface area (TPSA) is 18.5 Å². The molecule has 1 aliphatic heterocycles. The zero-order valence-corrected chi connectivity index (χ0v) is 13.9. The molecule has 1 N–H and O–H groups in total. The molecule has 1 unspecified atom stereocenters. The molecular weight excluding hydrogens is 258 g/mol. The predicted molar refractivity (Wildman–Crippen MR) is 90.7 cm³/mol. The second kappa shape index (κ2) is 8.52. The minimum Gasteiger partial charge on any atom is -0.317 e. The highest BCUT2D eigenvalue weighted by Crippen LogP contribution is 2.16. The van der Waals surface area contributed by atoms with Crippen LogP contribution in [-0.2, 0) is 13.0 Å². The maximum atomic E-state index is 3.38. The van der Waals surface area contributed by atoms with Crippen LogP contribution in [0.5, 0.6) is 0 Å². The molecule has 1 aromatic rings. The van der Waals surface area contributed by atoms with E-state index in [0.29, 0.717) is 6.04 Å². The highest BCUT2D eigenvalue weighted by atomic mass is 15.2. The fourth-order valence-electron chi connectivity index (χ4n) is 3.14. The summed E-state index contributed by atoms with van der Waals surface area (Å²) < 4.78 is 0. The van der Waals surface area contributed by atoms with E-state index < -0.39 is 0 Å². The molecule has 0 amide bonds. The summed E-state index contributed by atoms with van der Waals surface area (Å²) in [5.74, 6) is 0. The number of hydrogen-bond donors (Lipinski definition) is 1. The standard InChI is InChI=1S/C18H31N3/c1-4-19-12-11-16-7-9-17(10-8-16)14-21(3)18-6-5-13-20(2)15-18/h7-10,18-19H,4-6,11-15H2,1-3H3. The summed E-state index contributed by atoms with van der Waals surface area (Å²) >= 11 is 0. The van der Waals surface area contributed by atoms with Crippen molar-refractivity contribution >= 4 is 0 Å². The number of likely N-dealkylation sites (tertiary alicyclic amines) is 1. The van der Waals surface area contributed by atoms with Gasteiger partial charge >= 0.3 is 0 Å². The van der Waals surface area contributed by atoms with Gasteiger partial charge in [0.2, 0.25) is 0 Å². The first-order chi connectivity index (χ1) is 10.2. The number of likely N-dealkylation sites (N-methyl/N-ethyl adjacent to an activating group) is 3. The van der Waals surface area contributed by atoms with E-state index in [1.54, 1.807) is 0 Å². The highest BCUT2D eigenvalue weighted by molar-refractivity contribution is 5.22. The van der Waals surface area contributed by atoms with Crippen molar-refractivity contribution < 1.29 is 0 Å². The van der Waals surface area contributed by atoms with Gasteiger partial charge in [0.1, 0.15) is 0 Å². The smallest absolute Gasteiger partial charge is 0.0234 e. The van der Waals surface area contributed by atoms with Crippen molar-refractivity contribution in [1.82, 2.24) is 15.1 Å². The summed E-state index contributed by atoms with van der Waals surface area (Å²) in [6.45, 7) is 7.80. The first kappa shape index (κ1) is 16.5. The third-order valence-corrected chi connectivity index (χ3v) is 4.52. The molecule has 1 atom stereocenters. The van der Waals surface area contributed by atoms with Crippen molar-refractivity contribution in [3.05, 3.63) is 35.4 Å². The normalized spacial score (nSPS) is 20.1. The molecule has 1 heterocycles. The zero-order valence-electron chi connectivity index (χ0n) is 13.9. The number of hydrogen-bond acceptors (Lipinski definition) is 3. The lowest BCUT2D eigenvalue weighted by Gasteiger charge is -2.35. The quantitative estimate of drug-likeness (QED) is 0.778. The molecule has 1 aliphatic rings. The summed E-state index contributed by atoms with van der Waals surface area (Å²) in [6, 6.07) is 9.87. The number of nitrogens with one attached hydrogen (secondary N) is 1. The predicted octanol–water partition coefficient (Wildman–Crippen LogP) is 2.36. The number of piperidine rings is 1. The molecule has 1 aromatic carbocycles. The van der Waals surface area contributed by atoms with E-state index in [1.807, 2.05) is 0 Å². The Hall–Kier alpha value is -0.900. The van der Waals surface area contributed by atoms with Gasteiger partial charge < -0.3 is 10.2 Å². The van der Waals surface area contributed by atoms with Gasteiger partial charge in [0.05, 0.1) is 0 Å². The van der Waals surface area contributed by atoms with E-state index in [1.165, 1.54) is 37.1 Å². The first-order valence-electron chi connectivity index (χ1n) is 8.36. The van der Waals surface area contributed by atoms with Crippen molar-refractivity contribution in [1.29, 1.82) is 0 Å². The third-order valence-electron chi connectivity index (χ3n) is 4.52. The van der Waals surface area contributed by atoms with Crippen molar-refractivity contribution in [3.8, 4) is 0 Å². The Bertz CT molecular complexity index is 401. The molecule has 3 heteroatoms. The molecule has 1 fully saturated rings. The maximum Gasteiger partial charge on any atom is 0.0234 e. The van der Waals surface area contributed by atoms with Gasteiger partial charge in [-0.3, -0.25) is 4.90 Å². The Morgan fingerprint density at radius 1 is 1.24 bits per heavy atom. The molecule has 0 aromatic heterocycles. The van der Waals surface area contributed by atoms with E-state index in [-0.39, 0.29) is 0 Å². The van der Waals surface area contributed by atoms with Gasteiger partial charge in [-0.2, -0.15) is 0 Å². The molecule has 2 rings (SSSR count). The number of benzene rings is 1. The van der Waals surface area contributed by atoms with Crippen LogP contribution in [0.25, 0.3) is 0 Å². The van der Waals surface area contributed by atoms with Gasteiger partial charge in [0.25, 0.3) is 0 Å². The van der Waals surface area contributed by atoms with Crippen LogP contribution in [0.1, 0.15) is 30.9 Å². The van der Waals surface area contributed by atoms with Gasteiger partial charge in [0, 0.05) is 19.1 Å². The lowest BCUT2D eigenvalue weighted by molar-refractivity contribution is 0.129. The molecule has 0 bridgehead atoms. The summed E-state index contributed by atoms with van der Waals surface area (Å²) in [4.78, 5) is 4.97. The second-order valence-corrected chi connectivity index (χ2v) is 6.39. The van der Waals surface area contributed by atoms with Gasteiger partial charge in [-0.05, 0) is 64.1 Å². The monoisotopic (exact) mass is 289 g/mol. The van der Waals surface area contributed by atoms with Crippen LogP contribution in [0, 0.1) is 0 Å². The minimum absolute atomic E-state index is 0.706. The van der Waals surface area contributed by atoms with Crippen LogP contribution < -0.4 is 5.32 Å². The number of rotatable bonds is 7. The van der Waals surface area contributed by atoms with E-state index in [2.05, 4.69) is 60.4 Å². The van der Waals surface area contributed by atoms with Crippen molar-refractivity contribution in [2.24, 2.45) is 0 Å². The largest absolute Gasteiger partial charge is 0.317 e. The molecule has 0 aliphatic carbocycles. The molecule has 0 spiro atoms. The van der Waals surface area contributed by atoms with E-state index >= 15 is 0 Å². The Labute approximate surface area is 130 Å². The van der Waals surface area contributed by atoms with Crippen LogP contribution in [0.4, 0.5) is 0 Å². The summed E-state index contributed by atoms with van der Waals surface area (Å²) in [5.41, 5.74) is 2.86. The lowest BCUT2D eigenvalue weighted by Crippen LogP contribution is -2.44. The van der Waals surface area contributed by atoms with Gasteiger partial charge in [-0.15, -0.1) is 0 Å². The average Bonchev–Trinajstić information content (AvgIpc) is 2.49. The maximum absolute atomic E-state index is 3.38. The fraction of sp³-hybridized carbons (Fsp3) is 0.667. The van der Waals surface area contributed by atoms with Crippen LogP contribution in [-0.4, -0.2) is 56.1 Å². The van der Waals surface area contributed by atoms with Crippen molar-refractivity contribution in [2.75, 3.05) is 40.3 Å². The van der Waals surface area contributed by atoms with Gasteiger partial charge in [-0.25, -0.2) is 0 Å². The van der Waals surface area contributed by atoms with Gasteiger partial charge in [0.15, 0.2) is 0 Å². The highest BCUT2D eigenvalue weighted by Gasteiger charge is 2.20. The second-order valence-electron chi connectivity index (χ2n) is 6.39. The van der Waals surface area contributed by atoms with Crippen LogP contribution in [0.15, 0.2) is 24.3 Å². The SMILES string of the molecule is CCNCCc1ccc(CN(C)C2CCCN(C)C2)cc1. The fourth-order valence-corrected chi connectivity index (χ4v) is 3.14.